The SMILES string of the molecule is CCCCOCCOCCNC(=NCc1ccc(NCCOC)cc1)NCC.I. The zero-order valence-corrected chi connectivity index (χ0v) is 20.5. The molecule has 0 aromatic heterocycles. The number of ether oxygens (including phenoxy) is 3. The summed E-state index contributed by atoms with van der Waals surface area (Å²) in [5.41, 5.74) is 2.25. The van der Waals surface area contributed by atoms with Crippen molar-refractivity contribution in [2.75, 3.05) is 65.1 Å². The molecule has 29 heavy (non-hydrogen) atoms. The lowest BCUT2D eigenvalue weighted by atomic mass is 10.2. The first-order valence-electron chi connectivity index (χ1n) is 10.3. The summed E-state index contributed by atoms with van der Waals surface area (Å²) in [7, 11) is 1.70. The monoisotopic (exact) mass is 522 g/mol. The van der Waals surface area contributed by atoms with Crippen LogP contribution in [0.1, 0.15) is 32.3 Å². The molecule has 0 bridgehead atoms. The van der Waals surface area contributed by atoms with Gasteiger partial charge in [-0.25, -0.2) is 4.99 Å². The van der Waals surface area contributed by atoms with Crippen molar-refractivity contribution < 1.29 is 14.2 Å². The number of unbranched alkanes of at least 4 members (excludes halogenated alkanes) is 1. The van der Waals surface area contributed by atoms with Crippen molar-refractivity contribution in [3.63, 3.8) is 0 Å². The Bertz CT molecular complexity index is 515. The van der Waals surface area contributed by atoms with Crippen LogP contribution in [0.25, 0.3) is 0 Å². The Morgan fingerprint density at radius 3 is 2.28 bits per heavy atom. The minimum atomic E-state index is 0. The van der Waals surface area contributed by atoms with Crippen LogP contribution in [0.4, 0.5) is 5.69 Å². The number of hydrogen-bond donors (Lipinski definition) is 3. The fourth-order valence-corrected chi connectivity index (χ4v) is 2.35. The predicted octanol–water partition coefficient (Wildman–Crippen LogP) is 3.25. The van der Waals surface area contributed by atoms with Crippen LogP contribution in [-0.2, 0) is 20.8 Å². The van der Waals surface area contributed by atoms with Gasteiger partial charge in [0.05, 0.1) is 33.0 Å². The lowest BCUT2D eigenvalue weighted by molar-refractivity contribution is 0.0487. The standard InChI is InChI=1S/C21H38N4O3.HI/c1-4-6-13-27-16-17-28-15-12-24-21(22-5-2)25-18-19-7-9-20(10-8-19)23-11-14-26-3;/h7-10,23H,4-6,11-18H2,1-3H3,(H2,22,24,25);1H. The Balaban J connectivity index is 0.00000784. The van der Waals surface area contributed by atoms with Gasteiger partial charge >= 0.3 is 0 Å². The molecule has 0 fully saturated rings. The lowest BCUT2D eigenvalue weighted by Crippen LogP contribution is -2.39. The summed E-state index contributed by atoms with van der Waals surface area (Å²) in [5.74, 6) is 0.799. The summed E-state index contributed by atoms with van der Waals surface area (Å²) < 4.78 is 16.1. The van der Waals surface area contributed by atoms with Gasteiger partial charge in [0.15, 0.2) is 5.96 Å². The maximum absolute atomic E-state index is 5.57. The van der Waals surface area contributed by atoms with E-state index in [2.05, 4.69) is 59.1 Å². The molecule has 7 nitrogen and oxygen atoms in total. The van der Waals surface area contributed by atoms with Crippen LogP contribution in [0.2, 0.25) is 0 Å². The van der Waals surface area contributed by atoms with Gasteiger partial charge in [-0.05, 0) is 31.0 Å². The first-order valence-corrected chi connectivity index (χ1v) is 10.3. The highest BCUT2D eigenvalue weighted by atomic mass is 127. The van der Waals surface area contributed by atoms with E-state index in [-0.39, 0.29) is 24.0 Å². The Morgan fingerprint density at radius 2 is 1.62 bits per heavy atom. The van der Waals surface area contributed by atoms with E-state index in [1.54, 1.807) is 7.11 Å². The van der Waals surface area contributed by atoms with E-state index in [1.807, 2.05) is 0 Å². The number of methoxy groups -OCH3 is 1. The third kappa shape index (κ3) is 15.4. The molecule has 1 aromatic carbocycles. The van der Waals surface area contributed by atoms with Gasteiger partial charge in [0.1, 0.15) is 0 Å². The van der Waals surface area contributed by atoms with E-state index >= 15 is 0 Å². The smallest absolute Gasteiger partial charge is 0.191 e. The second-order valence-corrected chi connectivity index (χ2v) is 6.32. The van der Waals surface area contributed by atoms with E-state index in [9.17, 15) is 0 Å². The van der Waals surface area contributed by atoms with Crippen LogP contribution >= 0.6 is 24.0 Å². The molecule has 0 saturated carbocycles. The lowest BCUT2D eigenvalue weighted by Gasteiger charge is -2.12. The maximum atomic E-state index is 5.57. The quantitative estimate of drug-likeness (QED) is 0.134. The average Bonchev–Trinajstić information content (AvgIpc) is 2.72. The highest BCUT2D eigenvalue weighted by Gasteiger charge is 1.99. The largest absolute Gasteiger partial charge is 0.383 e. The van der Waals surface area contributed by atoms with Gasteiger partial charge in [-0.3, -0.25) is 0 Å². The molecular weight excluding hydrogens is 483 g/mol. The van der Waals surface area contributed by atoms with Crippen LogP contribution in [0, 0.1) is 0 Å². The zero-order chi connectivity index (χ0) is 20.3. The molecule has 1 rings (SSSR count). The number of nitrogens with zero attached hydrogens (tertiary/aromatic N) is 1. The van der Waals surface area contributed by atoms with Crippen LogP contribution < -0.4 is 16.0 Å². The molecule has 0 unspecified atom stereocenters. The maximum Gasteiger partial charge on any atom is 0.191 e. The number of halogens is 1. The second kappa shape index (κ2) is 20.2. The summed E-state index contributed by atoms with van der Waals surface area (Å²) in [5, 5.41) is 9.86. The molecule has 0 saturated heterocycles. The van der Waals surface area contributed by atoms with Crippen molar-refractivity contribution in [3.05, 3.63) is 29.8 Å². The molecule has 1 aromatic rings. The molecule has 0 aliphatic rings. The van der Waals surface area contributed by atoms with E-state index in [0.29, 0.717) is 39.5 Å². The van der Waals surface area contributed by atoms with Crippen molar-refractivity contribution >= 4 is 35.6 Å². The summed E-state index contributed by atoms with van der Waals surface area (Å²) in [6.07, 6.45) is 2.27. The first kappa shape index (κ1) is 27.9. The van der Waals surface area contributed by atoms with Crippen molar-refractivity contribution in [3.8, 4) is 0 Å². The summed E-state index contributed by atoms with van der Waals surface area (Å²) in [4.78, 5) is 4.63. The second-order valence-electron chi connectivity index (χ2n) is 6.32. The van der Waals surface area contributed by atoms with Gasteiger partial charge in [-0.15, -0.1) is 24.0 Å². The molecule has 0 aliphatic carbocycles. The highest BCUT2D eigenvalue weighted by Crippen LogP contribution is 2.10. The fourth-order valence-electron chi connectivity index (χ4n) is 2.35. The predicted molar refractivity (Wildman–Crippen MR) is 132 cm³/mol. The van der Waals surface area contributed by atoms with Crippen molar-refractivity contribution in [1.29, 1.82) is 0 Å². The molecule has 0 spiro atoms. The number of aliphatic imine (C=N–C) groups is 1. The zero-order valence-electron chi connectivity index (χ0n) is 18.2. The van der Waals surface area contributed by atoms with Gasteiger partial charge in [-0.1, -0.05) is 25.5 Å². The minimum absolute atomic E-state index is 0. The molecule has 0 radical (unpaired) electrons. The van der Waals surface area contributed by atoms with Gasteiger partial charge in [0.25, 0.3) is 0 Å². The molecule has 168 valence electrons. The third-order valence-corrected chi connectivity index (χ3v) is 3.91. The molecule has 3 N–H and O–H groups in total. The number of guanidine groups is 1. The van der Waals surface area contributed by atoms with Crippen LogP contribution in [0.15, 0.2) is 29.3 Å². The molecule has 0 aliphatic heterocycles. The van der Waals surface area contributed by atoms with Crippen molar-refractivity contribution in [2.24, 2.45) is 4.99 Å². The summed E-state index contributed by atoms with van der Waals surface area (Å²) in [6, 6.07) is 8.31. The summed E-state index contributed by atoms with van der Waals surface area (Å²) >= 11 is 0. The average molecular weight is 522 g/mol. The molecule has 8 heteroatoms. The minimum Gasteiger partial charge on any atom is -0.383 e. The normalized spacial score (nSPS) is 11.1. The van der Waals surface area contributed by atoms with E-state index in [1.165, 1.54) is 0 Å². The van der Waals surface area contributed by atoms with E-state index < -0.39 is 0 Å². The number of nitrogens with one attached hydrogen (secondary N) is 3. The van der Waals surface area contributed by atoms with Crippen LogP contribution in [-0.4, -0.2) is 65.7 Å². The van der Waals surface area contributed by atoms with Crippen LogP contribution in [0.3, 0.4) is 0 Å². The molecule has 0 atom stereocenters. The van der Waals surface area contributed by atoms with Crippen LogP contribution in [0.5, 0.6) is 0 Å². The van der Waals surface area contributed by atoms with Gasteiger partial charge < -0.3 is 30.2 Å². The third-order valence-electron chi connectivity index (χ3n) is 3.91. The fraction of sp³-hybridized carbons (Fsp3) is 0.667. The van der Waals surface area contributed by atoms with Gasteiger partial charge in [0, 0.05) is 39.0 Å². The number of rotatable bonds is 16. The van der Waals surface area contributed by atoms with Crippen molar-refractivity contribution in [1.82, 2.24) is 10.6 Å². The topological polar surface area (TPSA) is 76.1 Å². The number of benzene rings is 1. The Labute approximate surface area is 193 Å². The first-order chi connectivity index (χ1) is 13.8. The van der Waals surface area contributed by atoms with Gasteiger partial charge in [0.2, 0.25) is 0 Å². The summed E-state index contributed by atoms with van der Waals surface area (Å²) in [6.45, 7) is 10.6. The number of anilines is 1. The Morgan fingerprint density at radius 1 is 0.897 bits per heavy atom. The Kier molecular flexibility index (Phi) is 19.4. The van der Waals surface area contributed by atoms with E-state index in [0.717, 1.165) is 49.7 Å². The van der Waals surface area contributed by atoms with Gasteiger partial charge in [-0.2, -0.15) is 0 Å². The number of hydrogen-bond acceptors (Lipinski definition) is 5. The van der Waals surface area contributed by atoms with Crippen molar-refractivity contribution in [2.45, 2.75) is 33.2 Å². The highest BCUT2D eigenvalue weighted by molar-refractivity contribution is 14.0. The Hall–Kier alpha value is -1.10. The molecular formula is C21H39IN4O3. The van der Waals surface area contributed by atoms with E-state index in [4.69, 9.17) is 14.2 Å². The molecule has 0 heterocycles. The molecule has 0 amide bonds.